The topological polar surface area (TPSA) is 71.2 Å². The fourth-order valence-electron chi connectivity index (χ4n) is 3.57. The van der Waals surface area contributed by atoms with Crippen LogP contribution in [0.1, 0.15) is 73.9 Å². The van der Waals surface area contributed by atoms with Crippen LogP contribution in [0, 0.1) is 13.8 Å². The first-order chi connectivity index (χ1) is 11.4. The van der Waals surface area contributed by atoms with Crippen molar-refractivity contribution in [2.75, 3.05) is 0 Å². The molecular formula is C19H27N3O2. The molecule has 0 unspecified atom stereocenters. The highest BCUT2D eigenvalue weighted by Gasteiger charge is 2.39. The van der Waals surface area contributed by atoms with Gasteiger partial charge in [0.15, 0.2) is 5.82 Å². The molecule has 24 heavy (non-hydrogen) atoms. The zero-order valence-corrected chi connectivity index (χ0v) is 15.0. The van der Waals surface area contributed by atoms with Gasteiger partial charge >= 0.3 is 0 Å². The number of hydrogen-bond acceptors (Lipinski definition) is 5. The minimum atomic E-state index is -0.249. The Morgan fingerprint density at radius 1 is 1.25 bits per heavy atom. The van der Waals surface area contributed by atoms with Crippen LogP contribution in [-0.4, -0.2) is 15.2 Å². The van der Waals surface area contributed by atoms with Crippen LogP contribution in [0.3, 0.4) is 0 Å². The summed E-state index contributed by atoms with van der Waals surface area (Å²) in [4.78, 5) is 4.63. The Morgan fingerprint density at radius 3 is 2.58 bits per heavy atom. The zero-order valence-electron chi connectivity index (χ0n) is 15.0. The van der Waals surface area contributed by atoms with Gasteiger partial charge in [-0.15, -0.1) is 0 Å². The van der Waals surface area contributed by atoms with E-state index >= 15 is 0 Å². The van der Waals surface area contributed by atoms with E-state index < -0.39 is 0 Å². The van der Waals surface area contributed by atoms with Gasteiger partial charge in [-0.25, -0.2) is 0 Å². The fourth-order valence-corrected chi connectivity index (χ4v) is 3.57. The van der Waals surface area contributed by atoms with E-state index in [4.69, 9.17) is 4.52 Å². The van der Waals surface area contributed by atoms with Gasteiger partial charge in [0.1, 0.15) is 5.75 Å². The number of hydrogen-bond donors (Lipinski definition) is 2. The lowest BCUT2D eigenvalue weighted by Gasteiger charge is -2.27. The molecule has 1 saturated carbocycles. The number of aromatic hydroxyl groups is 1. The maximum absolute atomic E-state index is 10.3. The highest BCUT2D eigenvalue weighted by molar-refractivity contribution is 5.42. The summed E-state index contributed by atoms with van der Waals surface area (Å²) in [6, 6.07) is 4.03. The van der Waals surface area contributed by atoms with E-state index in [9.17, 15) is 5.11 Å². The lowest BCUT2D eigenvalue weighted by atomic mass is 9.95. The van der Waals surface area contributed by atoms with Crippen LogP contribution in [0.5, 0.6) is 5.75 Å². The monoisotopic (exact) mass is 329 g/mol. The van der Waals surface area contributed by atoms with Crippen molar-refractivity contribution in [2.24, 2.45) is 0 Å². The van der Waals surface area contributed by atoms with Gasteiger partial charge in [0.05, 0.1) is 5.54 Å². The lowest BCUT2D eigenvalue weighted by Crippen LogP contribution is -2.40. The maximum atomic E-state index is 10.3. The van der Waals surface area contributed by atoms with E-state index in [0.29, 0.717) is 18.2 Å². The molecule has 1 fully saturated rings. The number of nitrogens with zero attached hydrogens (tertiary/aromatic N) is 2. The first-order valence-electron chi connectivity index (χ1n) is 8.79. The Balaban J connectivity index is 1.84. The number of benzene rings is 1. The number of aryl methyl sites for hydroxylation is 2. The Morgan fingerprint density at radius 2 is 1.96 bits per heavy atom. The van der Waals surface area contributed by atoms with Crippen molar-refractivity contribution in [1.29, 1.82) is 0 Å². The standard InChI is InChI=1S/C19H27N3O2/c1-12(2)17-21-18(22-24-17)19(7-5-6-8-19)20-11-15-10-13(3)9-14(4)16(15)23/h9-10,12,20,23H,5-8,11H2,1-4H3. The normalized spacial score (nSPS) is 16.9. The molecule has 5 nitrogen and oxygen atoms in total. The number of rotatable bonds is 5. The third-order valence-electron chi connectivity index (χ3n) is 4.96. The largest absolute Gasteiger partial charge is 0.507 e. The van der Waals surface area contributed by atoms with Gasteiger partial charge in [-0.1, -0.05) is 49.5 Å². The summed E-state index contributed by atoms with van der Waals surface area (Å²) in [5.41, 5.74) is 2.74. The van der Waals surface area contributed by atoms with Crippen LogP contribution in [-0.2, 0) is 12.1 Å². The lowest BCUT2D eigenvalue weighted by molar-refractivity contribution is 0.293. The molecule has 3 rings (SSSR count). The van der Waals surface area contributed by atoms with Crippen LogP contribution in [0.2, 0.25) is 0 Å². The number of phenols is 1. The Kier molecular flexibility index (Phi) is 4.63. The van der Waals surface area contributed by atoms with Crippen LogP contribution in [0.4, 0.5) is 0 Å². The minimum Gasteiger partial charge on any atom is -0.507 e. The molecule has 0 atom stereocenters. The molecule has 1 heterocycles. The van der Waals surface area contributed by atoms with Crippen LogP contribution in [0.15, 0.2) is 16.7 Å². The van der Waals surface area contributed by atoms with Gasteiger partial charge in [-0.3, -0.25) is 0 Å². The van der Waals surface area contributed by atoms with Gasteiger partial charge in [-0.2, -0.15) is 4.98 Å². The minimum absolute atomic E-state index is 0.230. The van der Waals surface area contributed by atoms with E-state index in [1.165, 1.54) is 0 Å². The molecule has 2 N–H and O–H groups in total. The van der Waals surface area contributed by atoms with Crippen LogP contribution < -0.4 is 5.32 Å². The smallest absolute Gasteiger partial charge is 0.229 e. The van der Waals surface area contributed by atoms with Gasteiger partial charge in [0.2, 0.25) is 5.89 Å². The zero-order chi connectivity index (χ0) is 17.3. The van der Waals surface area contributed by atoms with Gasteiger partial charge in [0, 0.05) is 18.0 Å². The average molecular weight is 329 g/mol. The average Bonchev–Trinajstić information content (AvgIpc) is 3.19. The Bertz CT molecular complexity index is 715. The Labute approximate surface area is 143 Å². The van der Waals surface area contributed by atoms with Crippen molar-refractivity contribution in [3.63, 3.8) is 0 Å². The molecule has 0 amide bonds. The molecule has 0 aliphatic heterocycles. The highest BCUT2D eigenvalue weighted by Crippen LogP contribution is 2.38. The summed E-state index contributed by atoms with van der Waals surface area (Å²) in [6.45, 7) is 8.69. The number of phenolic OH excluding ortho intramolecular Hbond substituents is 1. The molecule has 1 aromatic heterocycles. The summed E-state index contributed by atoms with van der Waals surface area (Å²) in [5.74, 6) is 2.05. The van der Waals surface area contributed by atoms with E-state index in [1.54, 1.807) is 0 Å². The molecule has 1 aliphatic carbocycles. The van der Waals surface area contributed by atoms with Gasteiger partial charge in [0.25, 0.3) is 0 Å². The molecule has 130 valence electrons. The summed E-state index contributed by atoms with van der Waals surface area (Å²) in [6.07, 6.45) is 4.29. The predicted molar refractivity (Wildman–Crippen MR) is 93.0 cm³/mol. The first-order valence-corrected chi connectivity index (χ1v) is 8.79. The van der Waals surface area contributed by atoms with E-state index in [-0.39, 0.29) is 11.5 Å². The van der Waals surface area contributed by atoms with Crippen molar-refractivity contribution < 1.29 is 9.63 Å². The van der Waals surface area contributed by atoms with Crippen LogP contribution >= 0.6 is 0 Å². The molecule has 1 aromatic carbocycles. The summed E-state index contributed by atoms with van der Waals surface area (Å²) < 4.78 is 5.43. The summed E-state index contributed by atoms with van der Waals surface area (Å²) >= 11 is 0. The van der Waals surface area contributed by atoms with Gasteiger partial charge < -0.3 is 14.9 Å². The molecule has 0 radical (unpaired) electrons. The fraction of sp³-hybridized carbons (Fsp3) is 0.579. The SMILES string of the molecule is Cc1cc(C)c(O)c(CNC2(c3noc(C(C)C)n3)CCCC2)c1. The predicted octanol–water partition coefficient (Wildman–Crippen LogP) is 4.07. The molecule has 5 heteroatoms. The molecule has 0 saturated heterocycles. The van der Waals surface area contributed by atoms with Crippen molar-refractivity contribution >= 4 is 0 Å². The van der Waals surface area contributed by atoms with Gasteiger partial charge in [-0.05, 0) is 32.3 Å². The first kappa shape index (κ1) is 17.0. The van der Waals surface area contributed by atoms with Crippen molar-refractivity contribution in [1.82, 2.24) is 15.5 Å². The van der Waals surface area contributed by atoms with Crippen molar-refractivity contribution in [3.05, 3.63) is 40.5 Å². The molecule has 0 spiro atoms. The van der Waals surface area contributed by atoms with E-state index in [0.717, 1.165) is 48.2 Å². The quantitative estimate of drug-likeness (QED) is 0.865. The molecule has 1 aliphatic rings. The highest BCUT2D eigenvalue weighted by atomic mass is 16.5. The number of aromatic nitrogens is 2. The van der Waals surface area contributed by atoms with Crippen molar-refractivity contribution in [2.45, 2.75) is 71.4 Å². The summed E-state index contributed by atoms with van der Waals surface area (Å²) in [7, 11) is 0. The van der Waals surface area contributed by atoms with E-state index in [2.05, 4.69) is 36.2 Å². The Hall–Kier alpha value is -1.88. The summed E-state index contributed by atoms with van der Waals surface area (Å²) in [5, 5.41) is 18.2. The maximum Gasteiger partial charge on any atom is 0.229 e. The second-order valence-electron chi connectivity index (χ2n) is 7.34. The molecule has 0 bridgehead atoms. The molecule has 2 aromatic rings. The second kappa shape index (κ2) is 6.55. The number of nitrogens with one attached hydrogen (secondary N) is 1. The van der Waals surface area contributed by atoms with E-state index in [1.807, 2.05) is 19.1 Å². The van der Waals surface area contributed by atoms with Crippen molar-refractivity contribution in [3.8, 4) is 5.75 Å². The van der Waals surface area contributed by atoms with Crippen LogP contribution in [0.25, 0.3) is 0 Å². The second-order valence-corrected chi connectivity index (χ2v) is 7.34. The molecular weight excluding hydrogens is 302 g/mol. The third kappa shape index (κ3) is 3.18. The third-order valence-corrected chi connectivity index (χ3v) is 4.96.